The quantitative estimate of drug-likeness (QED) is 0.401. The summed E-state index contributed by atoms with van der Waals surface area (Å²) in [5.41, 5.74) is -0.362. The van der Waals surface area contributed by atoms with Crippen LogP contribution in [0.15, 0.2) is 77.7 Å². The van der Waals surface area contributed by atoms with Crippen molar-refractivity contribution >= 4 is 11.8 Å². The zero-order chi connectivity index (χ0) is 29.9. The number of amides is 2. The molecule has 0 radical (unpaired) electrons. The highest BCUT2D eigenvalue weighted by atomic mass is 19.3. The van der Waals surface area contributed by atoms with E-state index in [4.69, 9.17) is 0 Å². The Hall–Kier alpha value is -3.85. The molecule has 2 heterocycles. The van der Waals surface area contributed by atoms with E-state index in [1.54, 1.807) is 35.2 Å². The Morgan fingerprint density at radius 1 is 1.00 bits per heavy atom. The summed E-state index contributed by atoms with van der Waals surface area (Å²) in [6.07, 6.45) is 1.75. The highest BCUT2D eigenvalue weighted by Crippen LogP contribution is 2.52. The number of hydrogen-bond donors (Lipinski definition) is 2. The fourth-order valence-electron chi connectivity index (χ4n) is 6.83. The van der Waals surface area contributed by atoms with Gasteiger partial charge in [0.1, 0.15) is 0 Å². The molecule has 2 amide bonds. The first-order valence-corrected chi connectivity index (χ1v) is 14.5. The van der Waals surface area contributed by atoms with Gasteiger partial charge in [-0.15, -0.1) is 0 Å². The van der Waals surface area contributed by atoms with Crippen molar-refractivity contribution in [3.05, 3.63) is 94.4 Å². The second kappa shape index (κ2) is 12.2. The molecule has 2 N–H and O–H groups in total. The van der Waals surface area contributed by atoms with Gasteiger partial charge in [0.25, 0.3) is 11.5 Å². The molecule has 1 spiro atoms. The SMILES string of the molecule is CNC(=O)c1cn(CC2(O)CCN(C(=O)C[C@@H](c3ccccc3)C(F)F)CC23CCCC3)c(=O)cc1-c1ccccc1. The number of likely N-dealkylation sites (tertiary alicyclic amines) is 1. The van der Waals surface area contributed by atoms with Crippen molar-refractivity contribution in [2.75, 3.05) is 20.1 Å². The van der Waals surface area contributed by atoms with Crippen LogP contribution in [-0.4, -0.2) is 58.6 Å². The Morgan fingerprint density at radius 3 is 2.26 bits per heavy atom. The molecule has 5 rings (SSSR count). The van der Waals surface area contributed by atoms with Gasteiger partial charge in [-0.3, -0.25) is 14.4 Å². The standard InChI is InChI=1S/C33H37F2N3O4/c1-36-31(41)27-20-38(29(40)18-25(27)23-10-4-2-5-11-23)22-33(42)16-17-37(21-32(33)14-8-9-15-32)28(39)19-26(30(34)35)24-12-6-3-7-13-24/h2-7,10-13,18,20,26,30,42H,8-9,14-17,19,21-22H2,1H3,(H,36,41)/t26-,33?/m0/s1. The van der Waals surface area contributed by atoms with Crippen LogP contribution in [0.4, 0.5) is 8.78 Å². The number of alkyl halides is 2. The van der Waals surface area contributed by atoms with E-state index in [0.29, 0.717) is 29.5 Å². The molecule has 1 aromatic heterocycles. The van der Waals surface area contributed by atoms with Gasteiger partial charge >= 0.3 is 0 Å². The summed E-state index contributed by atoms with van der Waals surface area (Å²) < 4.78 is 29.4. The van der Waals surface area contributed by atoms with Crippen LogP contribution in [0.25, 0.3) is 11.1 Å². The lowest BCUT2D eigenvalue weighted by Crippen LogP contribution is -2.62. The molecule has 1 saturated heterocycles. The van der Waals surface area contributed by atoms with E-state index >= 15 is 0 Å². The Bertz CT molecular complexity index is 1470. The van der Waals surface area contributed by atoms with Crippen LogP contribution in [0.5, 0.6) is 0 Å². The molecule has 2 aliphatic rings. The van der Waals surface area contributed by atoms with E-state index in [2.05, 4.69) is 5.32 Å². The molecule has 3 aromatic rings. The number of aliphatic hydroxyl groups is 1. The maximum absolute atomic E-state index is 14.0. The molecule has 1 saturated carbocycles. The minimum atomic E-state index is -2.68. The second-order valence-corrected chi connectivity index (χ2v) is 11.7. The molecule has 2 aromatic carbocycles. The Labute approximate surface area is 244 Å². The van der Waals surface area contributed by atoms with Gasteiger partial charge in [0, 0.05) is 49.8 Å². The van der Waals surface area contributed by atoms with Crippen molar-refractivity contribution < 1.29 is 23.5 Å². The number of hydrogen-bond acceptors (Lipinski definition) is 4. The van der Waals surface area contributed by atoms with Crippen molar-refractivity contribution in [1.29, 1.82) is 0 Å². The van der Waals surface area contributed by atoms with Crippen LogP contribution in [0.3, 0.4) is 0 Å². The highest BCUT2D eigenvalue weighted by Gasteiger charge is 2.55. The third-order valence-corrected chi connectivity index (χ3v) is 9.23. The number of halogens is 2. The van der Waals surface area contributed by atoms with Gasteiger partial charge in [-0.25, -0.2) is 8.78 Å². The number of nitrogens with one attached hydrogen (secondary N) is 1. The van der Waals surface area contributed by atoms with Gasteiger partial charge in [-0.1, -0.05) is 73.5 Å². The van der Waals surface area contributed by atoms with Gasteiger partial charge in [0.15, 0.2) is 0 Å². The Kier molecular flexibility index (Phi) is 8.59. The Morgan fingerprint density at radius 2 is 1.64 bits per heavy atom. The lowest BCUT2D eigenvalue weighted by molar-refractivity contribution is -0.161. The average molecular weight is 578 g/mol. The molecule has 1 aliphatic carbocycles. The summed E-state index contributed by atoms with van der Waals surface area (Å²) in [7, 11) is 1.52. The molecule has 1 unspecified atom stereocenters. The first kappa shape index (κ1) is 29.6. The molecule has 42 heavy (non-hydrogen) atoms. The van der Waals surface area contributed by atoms with Gasteiger partial charge in [0.05, 0.1) is 23.6 Å². The van der Waals surface area contributed by atoms with Gasteiger partial charge in [0.2, 0.25) is 12.3 Å². The molecule has 2 atom stereocenters. The number of carbonyl (C=O) groups excluding carboxylic acids is 2. The van der Waals surface area contributed by atoms with E-state index < -0.39 is 23.4 Å². The zero-order valence-electron chi connectivity index (χ0n) is 23.8. The maximum Gasteiger partial charge on any atom is 0.253 e. The normalized spacial score (nSPS) is 20.5. The number of aromatic nitrogens is 1. The lowest BCUT2D eigenvalue weighted by atomic mass is 9.65. The highest BCUT2D eigenvalue weighted by molar-refractivity contribution is 6.00. The molecular formula is C33H37F2N3O4. The number of benzene rings is 2. The van der Waals surface area contributed by atoms with Crippen molar-refractivity contribution in [3.8, 4) is 11.1 Å². The van der Waals surface area contributed by atoms with E-state index in [1.165, 1.54) is 23.9 Å². The van der Waals surface area contributed by atoms with Crippen LogP contribution < -0.4 is 10.9 Å². The number of piperidine rings is 1. The summed E-state index contributed by atoms with van der Waals surface area (Å²) in [5, 5.41) is 14.8. The molecular weight excluding hydrogens is 540 g/mol. The molecule has 0 bridgehead atoms. The van der Waals surface area contributed by atoms with E-state index in [0.717, 1.165) is 18.4 Å². The first-order valence-electron chi connectivity index (χ1n) is 14.5. The zero-order valence-corrected chi connectivity index (χ0v) is 23.8. The number of pyridine rings is 1. The number of carbonyl (C=O) groups is 2. The summed E-state index contributed by atoms with van der Waals surface area (Å²) >= 11 is 0. The average Bonchev–Trinajstić information content (AvgIpc) is 3.48. The van der Waals surface area contributed by atoms with E-state index in [-0.39, 0.29) is 49.8 Å². The molecule has 9 heteroatoms. The molecule has 222 valence electrons. The van der Waals surface area contributed by atoms with Crippen LogP contribution in [0.2, 0.25) is 0 Å². The predicted octanol–water partition coefficient (Wildman–Crippen LogP) is 4.84. The number of rotatable bonds is 8. The maximum atomic E-state index is 14.0. The van der Waals surface area contributed by atoms with Gasteiger partial charge in [-0.05, 0) is 30.4 Å². The fraction of sp³-hybridized carbons (Fsp3) is 0.424. The summed E-state index contributed by atoms with van der Waals surface area (Å²) in [5.74, 6) is -1.91. The Balaban J connectivity index is 1.41. The van der Waals surface area contributed by atoms with Crippen LogP contribution in [0.1, 0.15) is 60.4 Å². The number of nitrogens with zero attached hydrogens (tertiary/aromatic N) is 2. The topological polar surface area (TPSA) is 91.6 Å². The minimum absolute atomic E-state index is 0.0311. The molecule has 2 fully saturated rings. The molecule has 1 aliphatic heterocycles. The first-order chi connectivity index (χ1) is 20.2. The van der Waals surface area contributed by atoms with Crippen molar-refractivity contribution in [2.24, 2.45) is 5.41 Å². The third kappa shape index (κ3) is 5.75. The van der Waals surface area contributed by atoms with Crippen LogP contribution in [0, 0.1) is 5.41 Å². The van der Waals surface area contributed by atoms with Gasteiger partial charge < -0.3 is 19.9 Å². The molecule has 7 nitrogen and oxygen atoms in total. The van der Waals surface area contributed by atoms with E-state index in [1.807, 2.05) is 30.3 Å². The second-order valence-electron chi connectivity index (χ2n) is 11.7. The summed E-state index contributed by atoms with van der Waals surface area (Å²) in [6.45, 7) is 0.407. The van der Waals surface area contributed by atoms with Crippen molar-refractivity contribution in [2.45, 2.75) is 63.0 Å². The minimum Gasteiger partial charge on any atom is -0.387 e. The monoisotopic (exact) mass is 577 g/mol. The third-order valence-electron chi connectivity index (χ3n) is 9.23. The summed E-state index contributed by atoms with van der Waals surface area (Å²) in [6, 6.07) is 19.0. The fourth-order valence-corrected chi connectivity index (χ4v) is 6.83. The van der Waals surface area contributed by atoms with Crippen molar-refractivity contribution in [3.63, 3.8) is 0 Å². The smallest absolute Gasteiger partial charge is 0.253 e. The largest absolute Gasteiger partial charge is 0.387 e. The van der Waals surface area contributed by atoms with Crippen LogP contribution >= 0.6 is 0 Å². The predicted molar refractivity (Wildman–Crippen MR) is 156 cm³/mol. The van der Waals surface area contributed by atoms with Crippen molar-refractivity contribution in [1.82, 2.24) is 14.8 Å². The van der Waals surface area contributed by atoms with Gasteiger partial charge in [-0.2, -0.15) is 0 Å². The van der Waals surface area contributed by atoms with E-state index in [9.17, 15) is 28.3 Å². The van der Waals surface area contributed by atoms with Crippen LogP contribution in [-0.2, 0) is 11.3 Å². The summed E-state index contributed by atoms with van der Waals surface area (Å²) in [4.78, 5) is 41.2. The lowest BCUT2D eigenvalue weighted by Gasteiger charge is -2.52.